The number of amides is 1. The molecule has 3 aliphatic heterocycles. The molecular weight excluding hydrogens is 288 g/mol. The van der Waals surface area contributed by atoms with Crippen molar-refractivity contribution >= 4 is 16.9 Å². The van der Waals surface area contributed by atoms with Crippen LogP contribution in [-0.2, 0) is 0 Å². The van der Waals surface area contributed by atoms with Crippen LogP contribution in [0.4, 0.5) is 0 Å². The number of carbonyl (C=O) groups excluding carboxylic acids is 1. The molecule has 5 rings (SSSR count). The Morgan fingerprint density at radius 3 is 2.74 bits per heavy atom. The highest BCUT2D eigenvalue weighted by Crippen LogP contribution is 2.29. The molecule has 4 nitrogen and oxygen atoms in total. The maximum Gasteiger partial charge on any atom is 0.251 e. The predicted molar refractivity (Wildman–Crippen MR) is 90.7 cm³/mol. The minimum absolute atomic E-state index is 0.0214. The molecule has 1 amide bonds. The lowest BCUT2D eigenvalue weighted by Crippen LogP contribution is -2.57. The summed E-state index contributed by atoms with van der Waals surface area (Å²) in [5.41, 5.74) is 2.69. The third kappa shape index (κ3) is 2.65. The lowest BCUT2D eigenvalue weighted by Gasteiger charge is -2.44. The summed E-state index contributed by atoms with van der Waals surface area (Å²) in [6, 6.07) is 6.10. The Morgan fingerprint density at radius 2 is 2.09 bits per heavy atom. The van der Waals surface area contributed by atoms with Crippen LogP contribution in [0.2, 0.25) is 0 Å². The van der Waals surface area contributed by atoms with E-state index in [1.54, 1.807) is 0 Å². The fraction of sp³-hybridized carbons (Fsp3) is 0.526. The molecule has 2 aromatic rings. The molecule has 1 atom stereocenters. The predicted octanol–water partition coefficient (Wildman–Crippen LogP) is 3.38. The third-order valence-corrected chi connectivity index (χ3v) is 5.46. The van der Waals surface area contributed by atoms with E-state index in [-0.39, 0.29) is 5.91 Å². The van der Waals surface area contributed by atoms with Crippen LogP contribution in [0.25, 0.3) is 11.0 Å². The Hall–Kier alpha value is -1.81. The normalized spacial score (nSPS) is 26.8. The summed E-state index contributed by atoms with van der Waals surface area (Å²) < 4.78 is 5.65. The van der Waals surface area contributed by atoms with E-state index in [1.807, 2.05) is 24.5 Å². The van der Waals surface area contributed by atoms with Gasteiger partial charge in [-0.05, 0) is 49.9 Å². The number of piperidine rings is 3. The zero-order chi connectivity index (χ0) is 16.0. The van der Waals surface area contributed by atoms with Crippen LogP contribution in [0.1, 0.15) is 48.5 Å². The average molecular weight is 312 g/mol. The molecule has 0 saturated carbocycles. The molecule has 122 valence electrons. The van der Waals surface area contributed by atoms with Gasteiger partial charge >= 0.3 is 0 Å². The van der Waals surface area contributed by atoms with Gasteiger partial charge in [0.2, 0.25) is 0 Å². The maximum atomic E-state index is 12.6. The molecule has 1 aromatic carbocycles. The summed E-state index contributed by atoms with van der Waals surface area (Å²) in [7, 11) is 0. The zero-order valence-electron chi connectivity index (χ0n) is 13.8. The van der Waals surface area contributed by atoms with Gasteiger partial charge in [0.05, 0.1) is 6.26 Å². The molecule has 3 fully saturated rings. The van der Waals surface area contributed by atoms with Gasteiger partial charge in [-0.1, -0.05) is 19.9 Å². The van der Waals surface area contributed by atoms with Gasteiger partial charge in [0.15, 0.2) is 0 Å². The van der Waals surface area contributed by atoms with Crippen molar-refractivity contribution in [1.82, 2.24) is 10.2 Å². The zero-order valence-corrected chi connectivity index (χ0v) is 13.8. The van der Waals surface area contributed by atoms with Gasteiger partial charge in [-0.15, -0.1) is 0 Å². The standard InChI is InChI=1S/C19H24N2O2/c1-12(2)16-11-23-18-9-14(3-4-15(16)18)19(22)20-17-10-21-7-5-13(17)6-8-21/h3-4,9,11-13,17H,5-8,10H2,1-2H3,(H,20,22). The quantitative estimate of drug-likeness (QED) is 0.945. The average Bonchev–Trinajstić information content (AvgIpc) is 2.99. The number of fused-ring (bicyclic) bond motifs is 4. The van der Waals surface area contributed by atoms with Crippen LogP contribution >= 0.6 is 0 Å². The Morgan fingerprint density at radius 1 is 1.30 bits per heavy atom. The summed E-state index contributed by atoms with van der Waals surface area (Å²) in [5.74, 6) is 1.08. The van der Waals surface area contributed by atoms with Crippen molar-refractivity contribution in [2.24, 2.45) is 5.92 Å². The molecule has 1 aromatic heterocycles. The molecule has 23 heavy (non-hydrogen) atoms. The fourth-order valence-electron chi connectivity index (χ4n) is 4.02. The summed E-state index contributed by atoms with van der Waals surface area (Å²) in [6.45, 7) is 7.67. The maximum absolute atomic E-state index is 12.6. The van der Waals surface area contributed by atoms with E-state index in [9.17, 15) is 4.79 Å². The highest BCUT2D eigenvalue weighted by molar-refractivity contribution is 5.98. The number of hydrogen-bond donors (Lipinski definition) is 1. The molecule has 3 aliphatic rings. The lowest BCUT2D eigenvalue weighted by molar-refractivity contribution is 0.0620. The van der Waals surface area contributed by atoms with Crippen molar-refractivity contribution in [2.75, 3.05) is 19.6 Å². The monoisotopic (exact) mass is 312 g/mol. The Bertz CT molecular complexity index is 726. The van der Waals surface area contributed by atoms with Gasteiger partial charge in [-0.2, -0.15) is 0 Å². The molecule has 4 heterocycles. The van der Waals surface area contributed by atoms with Crippen molar-refractivity contribution in [3.8, 4) is 0 Å². The van der Waals surface area contributed by atoms with Crippen LogP contribution in [0.3, 0.4) is 0 Å². The molecule has 0 aliphatic carbocycles. The number of hydrogen-bond acceptors (Lipinski definition) is 3. The van der Waals surface area contributed by atoms with Gasteiger partial charge in [0.25, 0.3) is 5.91 Å². The Balaban J connectivity index is 1.53. The topological polar surface area (TPSA) is 45.5 Å². The molecule has 3 saturated heterocycles. The van der Waals surface area contributed by atoms with E-state index in [0.29, 0.717) is 23.4 Å². The smallest absolute Gasteiger partial charge is 0.251 e. The Kier molecular flexibility index (Phi) is 3.64. The molecule has 1 unspecified atom stereocenters. The first-order valence-electron chi connectivity index (χ1n) is 8.66. The molecule has 4 heteroatoms. The van der Waals surface area contributed by atoms with Gasteiger partial charge in [-0.25, -0.2) is 0 Å². The van der Waals surface area contributed by atoms with Crippen molar-refractivity contribution in [1.29, 1.82) is 0 Å². The van der Waals surface area contributed by atoms with Crippen LogP contribution < -0.4 is 5.32 Å². The van der Waals surface area contributed by atoms with Gasteiger partial charge in [0.1, 0.15) is 5.58 Å². The third-order valence-electron chi connectivity index (χ3n) is 5.46. The van der Waals surface area contributed by atoms with Crippen molar-refractivity contribution in [2.45, 2.75) is 38.6 Å². The number of nitrogens with one attached hydrogen (secondary N) is 1. The van der Waals surface area contributed by atoms with E-state index < -0.39 is 0 Å². The summed E-state index contributed by atoms with van der Waals surface area (Å²) in [5, 5.41) is 4.35. The number of carbonyl (C=O) groups is 1. The highest BCUT2D eigenvalue weighted by Gasteiger charge is 2.34. The van der Waals surface area contributed by atoms with Crippen LogP contribution in [-0.4, -0.2) is 36.5 Å². The van der Waals surface area contributed by atoms with E-state index in [2.05, 4.69) is 24.1 Å². The molecule has 2 bridgehead atoms. The lowest BCUT2D eigenvalue weighted by atomic mass is 9.84. The number of furan rings is 1. The van der Waals surface area contributed by atoms with E-state index >= 15 is 0 Å². The fourth-order valence-corrected chi connectivity index (χ4v) is 4.02. The first kappa shape index (κ1) is 14.8. The van der Waals surface area contributed by atoms with E-state index in [0.717, 1.165) is 17.5 Å². The molecule has 0 radical (unpaired) electrons. The number of rotatable bonds is 3. The van der Waals surface area contributed by atoms with E-state index in [4.69, 9.17) is 4.42 Å². The summed E-state index contributed by atoms with van der Waals surface area (Å²) >= 11 is 0. The summed E-state index contributed by atoms with van der Waals surface area (Å²) in [6.07, 6.45) is 4.23. The first-order valence-corrected chi connectivity index (χ1v) is 8.66. The second-order valence-electron chi connectivity index (χ2n) is 7.27. The molecular formula is C19H24N2O2. The minimum atomic E-state index is 0.0214. The van der Waals surface area contributed by atoms with Crippen LogP contribution in [0.5, 0.6) is 0 Å². The van der Waals surface area contributed by atoms with Gasteiger partial charge in [-0.3, -0.25) is 4.79 Å². The Labute approximate surface area is 136 Å². The highest BCUT2D eigenvalue weighted by atomic mass is 16.3. The number of nitrogens with zero attached hydrogens (tertiary/aromatic N) is 1. The van der Waals surface area contributed by atoms with Gasteiger partial charge in [0, 0.05) is 29.1 Å². The second kappa shape index (κ2) is 5.68. The van der Waals surface area contributed by atoms with Crippen molar-refractivity contribution < 1.29 is 9.21 Å². The first-order chi connectivity index (χ1) is 11.1. The SMILES string of the molecule is CC(C)c1coc2cc(C(=O)NC3CN4CCC3CC4)ccc12. The minimum Gasteiger partial charge on any atom is -0.464 e. The second-order valence-corrected chi connectivity index (χ2v) is 7.27. The van der Waals surface area contributed by atoms with Crippen LogP contribution in [0.15, 0.2) is 28.9 Å². The number of benzene rings is 1. The van der Waals surface area contributed by atoms with Crippen LogP contribution in [0, 0.1) is 5.92 Å². The largest absolute Gasteiger partial charge is 0.464 e. The van der Waals surface area contributed by atoms with E-state index in [1.165, 1.54) is 31.5 Å². The van der Waals surface area contributed by atoms with Crippen molar-refractivity contribution in [3.63, 3.8) is 0 Å². The molecule has 1 N–H and O–H groups in total. The molecule has 0 spiro atoms. The van der Waals surface area contributed by atoms with Gasteiger partial charge < -0.3 is 14.6 Å². The van der Waals surface area contributed by atoms with Crippen molar-refractivity contribution in [3.05, 3.63) is 35.6 Å². The summed E-state index contributed by atoms with van der Waals surface area (Å²) in [4.78, 5) is 15.1.